The van der Waals surface area contributed by atoms with E-state index in [1.165, 1.54) is 17.7 Å². The fraction of sp³-hybridized carbons (Fsp3) is 0.314. The molecule has 2 unspecified atom stereocenters. The highest BCUT2D eigenvalue weighted by Gasteiger charge is 2.44. The molecule has 3 N–H and O–H groups in total. The van der Waals surface area contributed by atoms with Crippen molar-refractivity contribution >= 4 is 16.7 Å². The Bertz CT molecular complexity index is 1870. The van der Waals surface area contributed by atoms with Gasteiger partial charge in [-0.05, 0) is 72.5 Å². The molecule has 226 valence electrons. The zero-order chi connectivity index (χ0) is 30.3. The van der Waals surface area contributed by atoms with E-state index >= 15 is 0 Å². The van der Waals surface area contributed by atoms with Crippen molar-refractivity contribution in [3.05, 3.63) is 107 Å². The summed E-state index contributed by atoms with van der Waals surface area (Å²) >= 11 is 0. The number of hydrogen-bond donors (Lipinski definition) is 3. The van der Waals surface area contributed by atoms with E-state index in [0.29, 0.717) is 17.1 Å². The maximum atomic E-state index is 14.6. The first kappa shape index (κ1) is 28.3. The second kappa shape index (κ2) is 11.6. The lowest BCUT2D eigenvalue weighted by Gasteiger charge is -2.27. The van der Waals surface area contributed by atoms with Crippen LogP contribution in [0.5, 0.6) is 11.5 Å². The molecular weight excluding hydrogens is 557 g/mol. The number of halogens is 1. The number of imidazole rings is 1. The van der Waals surface area contributed by atoms with Gasteiger partial charge in [0.1, 0.15) is 11.6 Å². The minimum atomic E-state index is -0.348. The number of H-pyrrole nitrogens is 2. The predicted octanol–water partition coefficient (Wildman–Crippen LogP) is 6.05. The van der Waals surface area contributed by atoms with Crippen LogP contribution in [-0.4, -0.2) is 57.7 Å². The molecule has 44 heavy (non-hydrogen) atoms. The van der Waals surface area contributed by atoms with Gasteiger partial charge in [0.2, 0.25) is 0 Å². The number of nitrogens with one attached hydrogen (secondary N) is 2. The van der Waals surface area contributed by atoms with Gasteiger partial charge in [0.15, 0.2) is 5.75 Å². The molecule has 0 bridgehead atoms. The van der Waals surface area contributed by atoms with Crippen LogP contribution in [0.15, 0.2) is 83.9 Å². The largest absolute Gasteiger partial charge is 0.453 e. The Balaban J connectivity index is 1.10. The van der Waals surface area contributed by atoms with E-state index in [9.17, 15) is 14.3 Å². The summed E-state index contributed by atoms with van der Waals surface area (Å²) in [5.74, 6) is 0.719. The van der Waals surface area contributed by atoms with E-state index in [-0.39, 0.29) is 29.4 Å². The van der Waals surface area contributed by atoms with E-state index in [2.05, 4.69) is 36.9 Å². The minimum absolute atomic E-state index is 0.00752. The van der Waals surface area contributed by atoms with Gasteiger partial charge in [-0.1, -0.05) is 37.3 Å². The van der Waals surface area contributed by atoms with E-state index < -0.39 is 0 Å². The molecule has 3 aromatic carbocycles. The molecule has 4 heterocycles. The van der Waals surface area contributed by atoms with Crippen LogP contribution in [0.4, 0.5) is 10.1 Å². The van der Waals surface area contributed by atoms with Gasteiger partial charge in [0, 0.05) is 55.9 Å². The highest BCUT2D eigenvalue weighted by Crippen LogP contribution is 2.45. The second-order valence-electron chi connectivity index (χ2n) is 12.3. The summed E-state index contributed by atoms with van der Waals surface area (Å²) in [6, 6.07) is 20.5. The van der Waals surface area contributed by atoms with E-state index in [1.807, 2.05) is 43.3 Å². The van der Waals surface area contributed by atoms with Gasteiger partial charge in [0.05, 0.1) is 22.9 Å². The molecule has 2 fully saturated rings. The van der Waals surface area contributed by atoms with Gasteiger partial charge < -0.3 is 24.7 Å². The molecule has 5 aromatic rings. The molecule has 0 aliphatic carbocycles. The summed E-state index contributed by atoms with van der Waals surface area (Å²) in [7, 11) is 0. The normalized spacial score (nSPS) is 19.3. The van der Waals surface area contributed by atoms with Gasteiger partial charge in [0.25, 0.3) is 0 Å². The maximum Gasteiger partial charge on any atom is 0.323 e. The molecule has 8 nitrogen and oxygen atoms in total. The van der Waals surface area contributed by atoms with Crippen molar-refractivity contribution in [1.82, 2.24) is 19.9 Å². The number of aromatic amines is 2. The fourth-order valence-electron chi connectivity index (χ4n) is 6.98. The Hall–Kier alpha value is -4.47. The number of anilines is 1. The lowest BCUT2D eigenvalue weighted by molar-refractivity contribution is 0.270. The number of aliphatic hydroxyl groups excluding tert-OH is 1. The zero-order valence-corrected chi connectivity index (χ0v) is 24.7. The third-order valence-electron chi connectivity index (χ3n) is 9.26. The number of pyridine rings is 1. The number of benzene rings is 3. The SMILES string of the molecule is CC(CO)c1ccccc1-c1cc(F)ccc1Oc1cnccc1N1CCC2(CCN(Cc3ccc4[nH]c(=O)[nH]c4c3)C2)C1. The van der Waals surface area contributed by atoms with Crippen LogP contribution in [0.3, 0.4) is 0 Å². The summed E-state index contributed by atoms with van der Waals surface area (Å²) in [4.78, 5) is 26.6. The third-order valence-corrected chi connectivity index (χ3v) is 9.26. The molecule has 0 saturated carbocycles. The van der Waals surface area contributed by atoms with Crippen LogP contribution in [0.1, 0.15) is 36.8 Å². The Morgan fingerprint density at radius 2 is 1.82 bits per heavy atom. The number of hydrogen-bond acceptors (Lipinski definition) is 6. The number of aromatic nitrogens is 3. The molecule has 0 radical (unpaired) electrons. The summed E-state index contributed by atoms with van der Waals surface area (Å²) in [6.07, 6.45) is 5.73. The third kappa shape index (κ3) is 5.49. The Morgan fingerprint density at radius 1 is 0.977 bits per heavy atom. The monoisotopic (exact) mass is 593 g/mol. The van der Waals surface area contributed by atoms with Gasteiger partial charge in [-0.3, -0.25) is 9.88 Å². The Labute approximate surface area is 255 Å². The predicted molar refractivity (Wildman–Crippen MR) is 170 cm³/mol. The number of ether oxygens (including phenoxy) is 1. The van der Waals surface area contributed by atoms with Crippen LogP contribution in [0.2, 0.25) is 0 Å². The molecule has 2 aliphatic heterocycles. The number of nitrogens with zero attached hydrogens (tertiary/aromatic N) is 3. The highest BCUT2D eigenvalue weighted by molar-refractivity contribution is 5.76. The molecule has 2 saturated heterocycles. The van der Waals surface area contributed by atoms with E-state index in [0.717, 1.165) is 73.4 Å². The fourth-order valence-corrected chi connectivity index (χ4v) is 6.98. The van der Waals surface area contributed by atoms with Gasteiger partial charge in [-0.2, -0.15) is 0 Å². The van der Waals surface area contributed by atoms with Gasteiger partial charge in [-0.15, -0.1) is 0 Å². The molecule has 0 amide bonds. The van der Waals surface area contributed by atoms with Crippen LogP contribution in [-0.2, 0) is 6.54 Å². The second-order valence-corrected chi connectivity index (χ2v) is 12.3. The van der Waals surface area contributed by atoms with Crippen molar-refractivity contribution in [1.29, 1.82) is 0 Å². The van der Waals surface area contributed by atoms with Crippen molar-refractivity contribution in [2.45, 2.75) is 32.2 Å². The first-order valence-corrected chi connectivity index (χ1v) is 15.2. The Kier molecular flexibility index (Phi) is 7.43. The highest BCUT2D eigenvalue weighted by atomic mass is 19.1. The average molecular weight is 594 g/mol. The molecule has 2 atom stereocenters. The molecule has 2 aliphatic rings. The topological polar surface area (TPSA) is 97.5 Å². The molecular formula is C35H36FN5O3. The molecule has 7 rings (SSSR count). The molecule has 2 aromatic heterocycles. The van der Waals surface area contributed by atoms with Crippen molar-refractivity contribution in [3.8, 4) is 22.6 Å². The summed E-state index contributed by atoms with van der Waals surface area (Å²) in [6.45, 7) is 6.66. The average Bonchev–Trinajstić information content (AvgIpc) is 3.75. The quantitative estimate of drug-likeness (QED) is 0.203. The number of aliphatic hydroxyl groups is 1. The summed E-state index contributed by atoms with van der Waals surface area (Å²) in [5, 5.41) is 9.86. The smallest absolute Gasteiger partial charge is 0.323 e. The number of rotatable bonds is 8. The lowest BCUT2D eigenvalue weighted by Crippen LogP contribution is -2.30. The zero-order valence-electron chi connectivity index (χ0n) is 24.7. The minimum Gasteiger partial charge on any atom is -0.453 e. The number of fused-ring (bicyclic) bond motifs is 1. The van der Waals surface area contributed by atoms with Gasteiger partial charge >= 0.3 is 5.69 Å². The lowest BCUT2D eigenvalue weighted by atomic mass is 9.86. The summed E-state index contributed by atoms with van der Waals surface area (Å²) < 4.78 is 21.1. The van der Waals surface area contributed by atoms with E-state index in [4.69, 9.17) is 4.74 Å². The standard InChI is InChI=1S/C35H36FN5O3/c1-23(20-42)26-4-2-3-5-27(26)28-17-25(36)7-9-32(28)44-33-18-37-13-10-31(33)41-15-12-35(22-41)11-14-40(21-35)19-24-6-8-29-30(16-24)39-34(43)38-29/h2-10,13,16-18,23,42H,11-12,14-15,19-22H2,1H3,(H2,38,39,43). The van der Waals surface area contributed by atoms with Gasteiger partial charge in [-0.25, -0.2) is 9.18 Å². The summed E-state index contributed by atoms with van der Waals surface area (Å²) in [5.41, 5.74) is 6.26. The molecule has 9 heteroatoms. The van der Waals surface area contributed by atoms with Crippen LogP contribution >= 0.6 is 0 Å². The van der Waals surface area contributed by atoms with Crippen molar-refractivity contribution < 1.29 is 14.2 Å². The van der Waals surface area contributed by atoms with Crippen molar-refractivity contribution in [2.24, 2.45) is 5.41 Å². The Morgan fingerprint density at radius 3 is 2.70 bits per heavy atom. The first-order chi connectivity index (χ1) is 21.4. The van der Waals surface area contributed by atoms with Crippen molar-refractivity contribution in [3.63, 3.8) is 0 Å². The maximum absolute atomic E-state index is 14.6. The van der Waals surface area contributed by atoms with Crippen molar-refractivity contribution in [2.75, 3.05) is 37.7 Å². The number of likely N-dealkylation sites (tertiary alicyclic amines) is 1. The van der Waals surface area contributed by atoms with Crippen LogP contribution in [0, 0.1) is 11.2 Å². The molecule has 1 spiro atoms. The van der Waals surface area contributed by atoms with Crippen LogP contribution < -0.4 is 15.3 Å². The first-order valence-electron chi connectivity index (χ1n) is 15.2. The van der Waals surface area contributed by atoms with Crippen LogP contribution in [0.25, 0.3) is 22.2 Å². The van der Waals surface area contributed by atoms with E-state index in [1.54, 1.807) is 18.5 Å².